The summed E-state index contributed by atoms with van der Waals surface area (Å²) in [6.07, 6.45) is 4.13. The van der Waals surface area contributed by atoms with Crippen molar-refractivity contribution >= 4 is 39.7 Å². The van der Waals surface area contributed by atoms with E-state index >= 15 is 0 Å². The summed E-state index contributed by atoms with van der Waals surface area (Å²) in [6.45, 7) is 0.232. The summed E-state index contributed by atoms with van der Waals surface area (Å²) in [5, 5.41) is 0. The quantitative estimate of drug-likeness (QED) is 0.727. The van der Waals surface area contributed by atoms with Crippen molar-refractivity contribution in [2.75, 3.05) is 13.7 Å². The summed E-state index contributed by atoms with van der Waals surface area (Å²) in [6, 6.07) is -0.315. The van der Waals surface area contributed by atoms with E-state index in [4.69, 9.17) is 5.73 Å². The number of thiazole rings is 1. The first-order valence-corrected chi connectivity index (χ1v) is 9.10. The molecule has 0 radical (unpaired) electrons. The molecule has 1 aliphatic carbocycles. The first-order chi connectivity index (χ1) is 9.99. The fourth-order valence-electron chi connectivity index (χ4n) is 2.61. The molecule has 1 aromatic heterocycles. The number of hydrogen-bond donors (Lipinski definition) is 2. The van der Waals surface area contributed by atoms with Crippen molar-refractivity contribution in [2.24, 2.45) is 11.7 Å². The number of ether oxygens (including phenoxy) is 1. The first-order valence-electron chi connectivity index (χ1n) is 6.73. The van der Waals surface area contributed by atoms with Crippen LogP contribution in [0.1, 0.15) is 36.2 Å². The van der Waals surface area contributed by atoms with Gasteiger partial charge in [-0.2, -0.15) is 0 Å². The smallest absolute Gasteiger partial charge is 0.358 e. The molecule has 1 aliphatic rings. The van der Waals surface area contributed by atoms with Crippen molar-refractivity contribution < 1.29 is 17.9 Å². The number of hydrogen-bond acceptors (Lipinski definition) is 7. The van der Waals surface area contributed by atoms with E-state index in [1.165, 1.54) is 12.6 Å². The molecule has 0 aliphatic heterocycles. The van der Waals surface area contributed by atoms with Crippen LogP contribution in [0.3, 0.4) is 0 Å². The van der Waals surface area contributed by atoms with Crippen LogP contribution >= 0.6 is 23.7 Å². The Balaban J connectivity index is 0.00000242. The van der Waals surface area contributed by atoms with Crippen molar-refractivity contribution in [3.05, 3.63) is 11.2 Å². The number of nitrogens with one attached hydrogen (secondary N) is 1. The lowest BCUT2D eigenvalue weighted by Crippen LogP contribution is -2.44. The number of carbonyl (C=O) groups is 1. The Morgan fingerprint density at radius 1 is 1.55 bits per heavy atom. The van der Waals surface area contributed by atoms with Crippen LogP contribution in [0.5, 0.6) is 0 Å². The number of aromatic nitrogens is 1. The summed E-state index contributed by atoms with van der Waals surface area (Å²) in [5.41, 5.74) is 6.84. The number of methoxy groups -OCH3 is 1. The van der Waals surface area contributed by atoms with Gasteiger partial charge in [-0.25, -0.2) is 22.9 Å². The monoisotopic (exact) mass is 369 g/mol. The van der Waals surface area contributed by atoms with E-state index in [2.05, 4.69) is 14.4 Å². The normalized spacial score (nSPS) is 17.0. The lowest BCUT2D eigenvalue weighted by molar-refractivity contribution is 0.0590. The minimum atomic E-state index is -3.83. The Kier molecular flexibility index (Phi) is 7.20. The molecule has 0 amide bonds. The third-order valence-electron chi connectivity index (χ3n) is 3.69. The molecule has 0 aromatic carbocycles. The number of nitrogens with two attached hydrogens (primary N) is 1. The summed E-state index contributed by atoms with van der Waals surface area (Å²) in [7, 11) is -2.64. The summed E-state index contributed by atoms with van der Waals surface area (Å²) < 4.78 is 32.0. The van der Waals surface area contributed by atoms with Crippen LogP contribution in [0.25, 0.3) is 0 Å². The molecule has 126 valence electrons. The zero-order valence-corrected chi connectivity index (χ0v) is 14.6. The van der Waals surface area contributed by atoms with Gasteiger partial charge in [0.1, 0.15) is 0 Å². The SMILES string of the molecule is COC(=O)c1ncsc1S(=O)(=O)NC(CN)C1CCCC1.Cl. The van der Waals surface area contributed by atoms with Crippen LogP contribution in [-0.4, -0.2) is 39.1 Å². The van der Waals surface area contributed by atoms with Gasteiger partial charge in [-0.1, -0.05) is 12.8 Å². The van der Waals surface area contributed by atoms with Gasteiger partial charge in [0.25, 0.3) is 10.0 Å². The van der Waals surface area contributed by atoms with Crippen molar-refractivity contribution in [1.29, 1.82) is 0 Å². The van der Waals surface area contributed by atoms with E-state index in [0.29, 0.717) is 0 Å². The Bertz CT molecular complexity index is 599. The largest absolute Gasteiger partial charge is 0.464 e. The molecule has 0 saturated heterocycles. The molecule has 1 heterocycles. The third kappa shape index (κ3) is 4.17. The topological polar surface area (TPSA) is 111 Å². The second-order valence-electron chi connectivity index (χ2n) is 4.99. The van der Waals surface area contributed by atoms with Crippen molar-refractivity contribution in [2.45, 2.75) is 35.9 Å². The summed E-state index contributed by atoms with van der Waals surface area (Å²) in [5.74, 6) is -0.513. The van der Waals surface area contributed by atoms with Crippen LogP contribution in [0.15, 0.2) is 9.72 Å². The number of esters is 1. The van der Waals surface area contributed by atoms with Gasteiger partial charge < -0.3 is 10.5 Å². The van der Waals surface area contributed by atoms with Gasteiger partial charge in [-0.15, -0.1) is 23.7 Å². The fourth-order valence-corrected chi connectivity index (χ4v) is 5.07. The molecule has 1 aromatic rings. The highest BCUT2D eigenvalue weighted by Crippen LogP contribution is 2.29. The van der Waals surface area contributed by atoms with Crippen LogP contribution in [0.4, 0.5) is 0 Å². The second-order valence-corrected chi connectivity index (χ2v) is 7.75. The zero-order valence-electron chi connectivity index (χ0n) is 12.1. The highest BCUT2D eigenvalue weighted by Gasteiger charge is 2.32. The Morgan fingerprint density at radius 3 is 2.73 bits per heavy atom. The van der Waals surface area contributed by atoms with E-state index < -0.39 is 16.0 Å². The maximum absolute atomic E-state index is 12.5. The predicted octanol–water partition coefficient (Wildman–Crippen LogP) is 1.15. The molecule has 10 heteroatoms. The summed E-state index contributed by atoms with van der Waals surface area (Å²) in [4.78, 5) is 15.3. The zero-order chi connectivity index (χ0) is 15.5. The molecule has 3 N–H and O–H groups in total. The van der Waals surface area contributed by atoms with Crippen molar-refractivity contribution in [3.63, 3.8) is 0 Å². The van der Waals surface area contributed by atoms with E-state index in [1.807, 2.05) is 0 Å². The molecule has 22 heavy (non-hydrogen) atoms. The second kappa shape index (κ2) is 8.21. The van der Waals surface area contributed by atoms with Gasteiger partial charge >= 0.3 is 5.97 Å². The molecular formula is C12H20ClN3O4S2. The minimum absolute atomic E-state index is 0. The van der Waals surface area contributed by atoms with E-state index in [1.54, 1.807) is 0 Å². The number of rotatable bonds is 6. The predicted molar refractivity (Wildman–Crippen MR) is 85.8 cm³/mol. The lowest BCUT2D eigenvalue weighted by Gasteiger charge is -2.22. The van der Waals surface area contributed by atoms with Gasteiger partial charge in [0, 0.05) is 12.6 Å². The molecule has 0 spiro atoms. The molecule has 2 rings (SSSR count). The van der Waals surface area contributed by atoms with E-state index in [-0.39, 0.29) is 40.8 Å². The van der Waals surface area contributed by atoms with E-state index in [0.717, 1.165) is 37.0 Å². The summed E-state index contributed by atoms with van der Waals surface area (Å²) >= 11 is 0.892. The van der Waals surface area contributed by atoms with Gasteiger partial charge in [-0.3, -0.25) is 0 Å². The Hall–Kier alpha value is -0.740. The Labute approximate surface area is 140 Å². The fraction of sp³-hybridized carbons (Fsp3) is 0.667. The lowest BCUT2D eigenvalue weighted by atomic mass is 9.99. The third-order valence-corrected chi connectivity index (χ3v) is 6.55. The standard InChI is InChI=1S/C12H19N3O4S2.ClH/c1-19-11(16)10-12(20-7-14-10)21(17,18)15-9(6-13)8-4-2-3-5-8;/h7-9,15H,2-6,13H2,1H3;1H. The number of nitrogens with zero attached hydrogens (tertiary/aromatic N) is 1. The maximum Gasteiger partial charge on any atom is 0.358 e. The molecule has 1 unspecified atom stereocenters. The number of sulfonamides is 1. The Morgan fingerprint density at radius 2 is 2.18 bits per heavy atom. The van der Waals surface area contributed by atoms with Gasteiger partial charge in [0.15, 0.2) is 9.90 Å². The molecule has 0 bridgehead atoms. The van der Waals surface area contributed by atoms with Gasteiger partial charge in [-0.05, 0) is 18.8 Å². The molecule has 7 nitrogen and oxygen atoms in total. The average Bonchev–Trinajstić information content (AvgIpc) is 3.14. The minimum Gasteiger partial charge on any atom is -0.464 e. The highest BCUT2D eigenvalue weighted by atomic mass is 35.5. The molecule has 1 atom stereocenters. The van der Waals surface area contributed by atoms with Crippen LogP contribution in [0.2, 0.25) is 0 Å². The molecule has 1 saturated carbocycles. The van der Waals surface area contributed by atoms with Crippen molar-refractivity contribution in [3.8, 4) is 0 Å². The van der Waals surface area contributed by atoms with Gasteiger partial charge in [0.05, 0.1) is 12.6 Å². The van der Waals surface area contributed by atoms with Gasteiger partial charge in [0.2, 0.25) is 0 Å². The van der Waals surface area contributed by atoms with Crippen LogP contribution in [0, 0.1) is 5.92 Å². The molecular weight excluding hydrogens is 350 g/mol. The number of carbonyl (C=O) groups excluding carboxylic acids is 1. The maximum atomic E-state index is 12.5. The van der Waals surface area contributed by atoms with Crippen molar-refractivity contribution in [1.82, 2.24) is 9.71 Å². The van der Waals surface area contributed by atoms with Crippen LogP contribution < -0.4 is 10.5 Å². The number of halogens is 1. The van der Waals surface area contributed by atoms with Crippen LogP contribution in [-0.2, 0) is 14.8 Å². The molecule has 1 fully saturated rings. The average molecular weight is 370 g/mol. The highest BCUT2D eigenvalue weighted by molar-refractivity contribution is 7.91. The van der Waals surface area contributed by atoms with E-state index in [9.17, 15) is 13.2 Å². The first kappa shape index (κ1) is 19.3.